The van der Waals surface area contributed by atoms with E-state index >= 15 is 0 Å². The van der Waals surface area contributed by atoms with Crippen LogP contribution in [-0.4, -0.2) is 27.1 Å². The summed E-state index contributed by atoms with van der Waals surface area (Å²) in [6.07, 6.45) is 7.10. The summed E-state index contributed by atoms with van der Waals surface area (Å²) >= 11 is 0. The molecule has 35 heavy (non-hydrogen) atoms. The van der Waals surface area contributed by atoms with Gasteiger partial charge in [-0.25, -0.2) is 8.42 Å². The van der Waals surface area contributed by atoms with E-state index in [9.17, 15) is 13.2 Å². The van der Waals surface area contributed by atoms with Crippen LogP contribution in [0.3, 0.4) is 0 Å². The topological polar surface area (TPSA) is 89.7 Å². The number of anilines is 2. The average Bonchev–Trinajstić information content (AvgIpc) is 2.88. The Hall–Kier alpha value is -3.16. The number of amides is 1. The van der Waals surface area contributed by atoms with E-state index in [2.05, 4.69) is 6.07 Å². The van der Waals surface area contributed by atoms with E-state index in [4.69, 9.17) is 10.5 Å². The number of hydrogen-bond acceptors (Lipinski definition) is 5. The third kappa shape index (κ3) is 6.10. The molecule has 0 aliphatic heterocycles. The Kier molecular flexibility index (Phi) is 7.88. The van der Waals surface area contributed by atoms with Crippen LogP contribution in [0, 0.1) is 0 Å². The summed E-state index contributed by atoms with van der Waals surface area (Å²) in [5, 5.41) is 0. The van der Waals surface area contributed by atoms with Gasteiger partial charge in [0.05, 0.1) is 12.2 Å². The normalized spacial score (nSPS) is 14.5. The molecule has 2 N–H and O–H groups in total. The number of rotatable bonds is 8. The summed E-state index contributed by atoms with van der Waals surface area (Å²) in [6, 6.07) is 22.3. The van der Waals surface area contributed by atoms with Gasteiger partial charge in [-0.1, -0.05) is 61.7 Å². The molecule has 1 saturated carbocycles. The number of nitrogens with two attached hydrogens (primary N) is 1. The zero-order valence-electron chi connectivity index (χ0n) is 20.0. The smallest absolute Gasteiger partial charge is 0.245 e. The molecule has 1 aliphatic carbocycles. The Labute approximate surface area is 207 Å². The van der Waals surface area contributed by atoms with Gasteiger partial charge in [-0.3, -0.25) is 9.69 Å². The summed E-state index contributed by atoms with van der Waals surface area (Å²) in [5.41, 5.74) is 9.00. The number of ether oxygens (including phenoxy) is 1. The lowest BCUT2D eigenvalue weighted by molar-refractivity contribution is -0.116. The Balaban J connectivity index is 1.70. The number of hydrogen-bond donors (Lipinski definition) is 1. The van der Waals surface area contributed by atoms with Gasteiger partial charge in [0.2, 0.25) is 5.91 Å². The van der Waals surface area contributed by atoms with Crippen molar-refractivity contribution < 1.29 is 17.9 Å². The molecule has 0 spiro atoms. The predicted molar refractivity (Wildman–Crippen MR) is 139 cm³/mol. The lowest BCUT2D eigenvalue weighted by Gasteiger charge is -2.26. The summed E-state index contributed by atoms with van der Waals surface area (Å²) < 4.78 is 31.2. The summed E-state index contributed by atoms with van der Waals surface area (Å²) in [5.74, 6) is 0.401. The molecule has 0 aromatic heterocycles. The molecule has 1 aliphatic rings. The summed E-state index contributed by atoms with van der Waals surface area (Å²) in [6.45, 7) is 0.0334. The molecule has 0 unspecified atom stereocenters. The van der Waals surface area contributed by atoms with Gasteiger partial charge in [-0.15, -0.1) is 0 Å². The second kappa shape index (κ2) is 11.1. The van der Waals surface area contributed by atoms with E-state index < -0.39 is 9.84 Å². The van der Waals surface area contributed by atoms with Gasteiger partial charge < -0.3 is 10.5 Å². The van der Waals surface area contributed by atoms with E-state index in [1.54, 1.807) is 12.1 Å². The lowest BCUT2D eigenvalue weighted by Crippen LogP contribution is -2.32. The van der Waals surface area contributed by atoms with Crippen molar-refractivity contribution in [3.05, 3.63) is 83.9 Å². The summed E-state index contributed by atoms with van der Waals surface area (Å²) in [7, 11) is -3.63. The van der Waals surface area contributed by atoms with Crippen molar-refractivity contribution in [3.63, 3.8) is 0 Å². The van der Waals surface area contributed by atoms with E-state index in [0.717, 1.165) is 24.7 Å². The Bertz CT molecular complexity index is 1270. The van der Waals surface area contributed by atoms with Gasteiger partial charge in [0.15, 0.2) is 9.84 Å². The molecule has 0 radical (unpaired) electrons. The molecule has 0 heterocycles. The van der Waals surface area contributed by atoms with E-state index in [1.165, 1.54) is 35.8 Å². The highest BCUT2D eigenvalue weighted by molar-refractivity contribution is 7.90. The molecule has 0 atom stereocenters. The largest absolute Gasteiger partial charge is 0.488 e. The fourth-order valence-electron chi connectivity index (χ4n) is 4.66. The van der Waals surface area contributed by atoms with Gasteiger partial charge in [-0.05, 0) is 60.2 Å². The van der Waals surface area contributed by atoms with E-state index in [-0.39, 0.29) is 29.7 Å². The highest BCUT2D eigenvalue weighted by atomic mass is 32.2. The highest BCUT2D eigenvalue weighted by Gasteiger charge is 2.23. The predicted octanol–water partition coefficient (Wildman–Crippen LogP) is 5.34. The van der Waals surface area contributed by atoms with Gasteiger partial charge in [0.25, 0.3) is 0 Å². The van der Waals surface area contributed by atoms with Crippen LogP contribution < -0.4 is 15.4 Å². The molecule has 184 valence electrons. The monoisotopic (exact) mass is 492 g/mol. The number of sulfone groups is 1. The van der Waals surface area contributed by atoms with Crippen LogP contribution in [0.25, 0.3) is 0 Å². The van der Waals surface area contributed by atoms with Gasteiger partial charge in [-0.2, -0.15) is 0 Å². The fourth-order valence-corrected chi connectivity index (χ4v) is 5.49. The molecule has 0 saturated heterocycles. The quantitative estimate of drug-likeness (QED) is 0.458. The van der Waals surface area contributed by atoms with Gasteiger partial charge >= 0.3 is 0 Å². The maximum atomic E-state index is 13.0. The molecule has 7 heteroatoms. The van der Waals surface area contributed by atoms with Crippen LogP contribution in [0.2, 0.25) is 0 Å². The minimum Gasteiger partial charge on any atom is -0.488 e. The fraction of sp³-hybridized carbons (Fsp3) is 0.321. The van der Waals surface area contributed by atoms with Crippen LogP contribution in [0.1, 0.15) is 49.1 Å². The van der Waals surface area contributed by atoms with Gasteiger partial charge in [0.1, 0.15) is 17.3 Å². The van der Waals surface area contributed by atoms with Crippen molar-refractivity contribution >= 4 is 27.1 Å². The van der Waals surface area contributed by atoms with Crippen LogP contribution in [0.4, 0.5) is 11.4 Å². The molecular formula is C28H32N2O4S. The Morgan fingerprint density at radius 3 is 2.34 bits per heavy atom. The second-order valence-corrected chi connectivity index (χ2v) is 11.0. The highest BCUT2D eigenvalue weighted by Crippen LogP contribution is 2.37. The van der Waals surface area contributed by atoms with Gasteiger partial charge in [0, 0.05) is 11.9 Å². The molecule has 1 amide bonds. The van der Waals surface area contributed by atoms with Crippen molar-refractivity contribution in [2.75, 3.05) is 17.7 Å². The SMILES string of the molecule is CS(=O)(=O)c1cc(N(C(=O)CN)c2cccc(C3CCCCC3)c2)ccc1OCc1ccccc1. The minimum atomic E-state index is -3.63. The maximum absolute atomic E-state index is 13.0. The molecular weight excluding hydrogens is 460 g/mol. The molecule has 1 fully saturated rings. The standard InChI is InChI=1S/C28H32N2O4S/c1-35(32,33)27-18-25(15-16-26(27)34-20-21-9-4-2-5-10-21)30(28(31)19-29)24-14-8-13-23(17-24)22-11-6-3-7-12-22/h2,4-5,8-10,13-18,22H,3,6-7,11-12,19-20,29H2,1H3. The van der Waals surface area contributed by atoms with Crippen LogP contribution >= 0.6 is 0 Å². The number of carbonyl (C=O) groups excluding carboxylic acids is 1. The first-order chi connectivity index (χ1) is 16.9. The number of benzene rings is 3. The first-order valence-corrected chi connectivity index (χ1v) is 13.9. The van der Waals surface area contributed by atoms with Crippen LogP contribution in [0.5, 0.6) is 5.75 Å². The molecule has 4 rings (SSSR count). The lowest BCUT2D eigenvalue weighted by atomic mass is 9.84. The third-order valence-corrected chi connectivity index (χ3v) is 7.57. The zero-order valence-corrected chi connectivity index (χ0v) is 20.8. The molecule has 3 aromatic carbocycles. The van der Waals surface area contributed by atoms with Crippen molar-refractivity contribution in [2.45, 2.75) is 49.5 Å². The van der Waals surface area contributed by atoms with Crippen molar-refractivity contribution in [3.8, 4) is 5.75 Å². The van der Waals surface area contributed by atoms with Crippen molar-refractivity contribution in [1.82, 2.24) is 0 Å². The minimum absolute atomic E-state index is 0.0317. The third-order valence-electron chi connectivity index (χ3n) is 6.45. The Morgan fingerprint density at radius 1 is 0.943 bits per heavy atom. The maximum Gasteiger partial charge on any atom is 0.245 e. The molecule has 0 bridgehead atoms. The first-order valence-electron chi connectivity index (χ1n) is 12.0. The van der Waals surface area contributed by atoms with Crippen molar-refractivity contribution in [1.29, 1.82) is 0 Å². The second-order valence-electron chi connectivity index (χ2n) is 9.04. The summed E-state index contributed by atoms with van der Waals surface area (Å²) in [4.78, 5) is 14.5. The van der Waals surface area contributed by atoms with E-state index in [1.807, 2.05) is 48.5 Å². The van der Waals surface area contributed by atoms with Crippen molar-refractivity contribution in [2.24, 2.45) is 5.73 Å². The molecule has 6 nitrogen and oxygen atoms in total. The Morgan fingerprint density at radius 2 is 1.66 bits per heavy atom. The number of nitrogens with zero attached hydrogens (tertiary/aromatic N) is 1. The van der Waals surface area contributed by atoms with E-state index in [0.29, 0.717) is 17.3 Å². The number of carbonyl (C=O) groups is 1. The first kappa shape index (κ1) is 24.9. The zero-order chi connectivity index (χ0) is 24.8. The van der Waals surface area contributed by atoms with Crippen LogP contribution in [0.15, 0.2) is 77.7 Å². The van der Waals surface area contributed by atoms with Crippen LogP contribution in [-0.2, 0) is 21.2 Å². The molecule has 3 aromatic rings. The average molecular weight is 493 g/mol.